The Bertz CT molecular complexity index is 940. The molecule has 1 fully saturated rings. The molecule has 0 bridgehead atoms. The number of benzene rings is 2. The summed E-state index contributed by atoms with van der Waals surface area (Å²) in [5, 5.41) is 3.19. The lowest BCUT2D eigenvalue weighted by atomic mass is 9.98. The molecule has 0 spiro atoms. The second-order valence-electron chi connectivity index (χ2n) is 7.24. The number of sulfonamides is 1. The molecule has 2 aromatic carbocycles. The Balaban J connectivity index is 1.72. The van der Waals surface area contributed by atoms with E-state index in [0.717, 1.165) is 37.1 Å². The van der Waals surface area contributed by atoms with Gasteiger partial charge in [-0.3, -0.25) is 4.79 Å². The summed E-state index contributed by atoms with van der Waals surface area (Å²) in [6.07, 6.45) is 1.59. The topological polar surface area (TPSA) is 75.3 Å². The van der Waals surface area contributed by atoms with Crippen molar-refractivity contribution < 1.29 is 17.6 Å². The molecular formula is C21H25FN2O3S. The van der Waals surface area contributed by atoms with Crippen LogP contribution in [0.25, 0.3) is 11.1 Å². The van der Waals surface area contributed by atoms with Gasteiger partial charge in [0.15, 0.2) is 5.78 Å². The Morgan fingerprint density at radius 2 is 1.82 bits per heavy atom. The van der Waals surface area contributed by atoms with Crippen LogP contribution in [0, 0.1) is 18.7 Å². The molecule has 0 radical (unpaired) electrons. The van der Waals surface area contributed by atoms with Crippen molar-refractivity contribution >= 4 is 15.8 Å². The zero-order valence-corrected chi connectivity index (χ0v) is 16.7. The second-order valence-corrected chi connectivity index (χ2v) is 9.09. The summed E-state index contributed by atoms with van der Waals surface area (Å²) in [5.41, 5.74) is 1.84. The molecule has 28 heavy (non-hydrogen) atoms. The number of Topliss-reactive ketones (excluding diaryl/α,β-unsaturated/α-hetero) is 1. The highest BCUT2D eigenvalue weighted by Gasteiger charge is 2.23. The fourth-order valence-electron chi connectivity index (χ4n) is 3.46. The second kappa shape index (κ2) is 8.94. The van der Waals surface area contributed by atoms with Crippen LogP contribution in [0.2, 0.25) is 0 Å². The van der Waals surface area contributed by atoms with Gasteiger partial charge in [0, 0.05) is 0 Å². The van der Waals surface area contributed by atoms with E-state index >= 15 is 0 Å². The van der Waals surface area contributed by atoms with Crippen molar-refractivity contribution in [2.45, 2.75) is 19.8 Å². The zero-order valence-electron chi connectivity index (χ0n) is 15.9. The van der Waals surface area contributed by atoms with Crippen molar-refractivity contribution in [3.8, 4) is 11.1 Å². The molecule has 2 N–H and O–H groups in total. The Morgan fingerprint density at radius 3 is 2.50 bits per heavy atom. The van der Waals surface area contributed by atoms with E-state index < -0.39 is 28.2 Å². The van der Waals surface area contributed by atoms with Crippen LogP contribution in [0.4, 0.5) is 4.39 Å². The quantitative estimate of drug-likeness (QED) is 0.696. The third-order valence-corrected chi connectivity index (χ3v) is 6.52. The first-order chi connectivity index (χ1) is 13.4. The van der Waals surface area contributed by atoms with Crippen molar-refractivity contribution in [1.29, 1.82) is 0 Å². The number of aryl methyl sites for hydroxylation is 1. The summed E-state index contributed by atoms with van der Waals surface area (Å²) < 4.78 is 41.5. The maximum Gasteiger partial charge on any atom is 0.212 e. The van der Waals surface area contributed by atoms with Crippen LogP contribution in [0.5, 0.6) is 0 Å². The molecule has 5 nitrogen and oxygen atoms in total. The average molecular weight is 405 g/mol. The van der Waals surface area contributed by atoms with Crippen LogP contribution < -0.4 is 10.0 Å². The third-order valence-electron chi connectivity index (χ3n) is 5.03. The van der Waals surface area contributed by atoms with Crippen molar-refractivity contribution in [3.05, 3.63) is 59.4 Å². The predicted octanol–water partition coefficient (Wildman–Crippen LogP) is 2.90. The highest BCUT2D eigenvalue weighted by atomic mass is 32.2. The van der Waals surface area contributed by atoms with Crippen LogP contribution in [-0.2, 0) is 10.0 Å². The van der Waals surface area contributed by atoms with Gasteiger partial charge in [0.2, 0.25) is 10.0 Å². The van der Waals surface area contributed by atoms with Gasteiger partial charge in [-0.25, -0.2) is 17.5 Å². The third kappa shape index (κ3) is 5.25. The standard InChI is InChI=1S/C21H25FN2O3S/c1-15-11-18(17-5-3-2-4-6-17)12-19(21(15)22)20(25)13-24-28(26,27)14-16-7-9-23-10-8-16/h2-6,11-12,16,23-24H,7-10,13-14H2,1H3. The van der Waals surface area contributed by atoms with Gasteiger partial charge in [-0.15, -0.1) is 0 Å². The molecule has 1 saturated heterocycles. The minimum Gasteiger partial charge on any atom is -0.317 e. The van der Waals surface area contributed by atoms with E-state index in [1.807, 2.05) is 30.3 Å². The van der Waals surface area contributed by atoms with E-state index in [0.29, 0.717) is 5.56 Å². The Morgan fingerprint density at radius 1 is 1.14 bits per heavy atom. The molecular weight excluding hydrogens is 379 g/mol. The van der Waals surface area contributed by atoms with Crippen molar-refractivity contribution in [2.75, 3.05) is 25.4 Å². The van der Waals surface area contributed by atoms with Crippen LogP contribution >= 0.6 is 0 Å². The van der Waals surface area contributed by atoms with Gasteiger partial charge in [-0.05, 0) is 67.6 Å². The van der Waals surface area contributed by atoms with Gasteiger partial charge < -0.3 is 5.32 Å². The summed E-state index contributed by atoms with van der Waals surface area (Å²) in [6, 6.07) is 12.5. The molecule has 1 heterocycles. The van der Waals surface area contributed by atoms with E-state index in [2.05, 4.69) is 10.0 Å². The lowest BCUT2D eigenvalue weighted by molar-refractivity contribution is 0.0993. The number of rotatable bonds is 7. The Labute approximate surface area is 165 Å². The highest BCUT2D eigenvalue weighted by molar-refractivity contribution is 7.89. The molecule has 3 rings (SSSR count). The fourth-order valence-corrected chi connectivity index (χ4v) is 4.88. The summed E-state index contributed by atoms with van der Waals surface area (Å²) in [6.45, 7) is 2.76. The number of hydrogen-bond donors (Lipinski definition) is 2. The van der Waals surface area contributed by atoms with Gasteiger partial charge in [0.05, 0.1) is 17.9 Å². The smallest absolute Gasteiger partial charge is 0.212 e. The molecule has 0 amide bonds. The minimum atomic E-state index is -3.59. The van der Waals surface area contributed by atoms with Crippen LogP contribution in [0.1, 0.15) is 28.8 Å². The monoisotopic (exact) mass is 404 g/mol. The summed E-state index contributed by atoms with van der Waals surface area (Å²) in [7, 11) is -3.59. The largest absolute Gasteiger partial charge is 0.317 e. The molecule has 0 aromatic heterocycles. The minimum absolute atomic E-state index is 0.00642. The Hall–Kier alpha value is -2.09. The number of piperidine rings is 1. The predicted molar refractivity (Wildman–Crippen MR) is 108 cm³/mol. The number of carbonyl (C=O) groups excluding carboxylic acids is 1. The first kappa shape index (κ1) is 20.6. The van der Waals surface area contributed by atoms with E-state index in [9.17, 15) is 17.6 Å². The van der Waals surface area contributed by atoms with Crippen LogP contribution in [-0.4, -0.2) is 39.6 Å². The summed E-state index contributed by atoms with van der Waals surface area (Å²) >= 11 is 0. The molecule has 150 valence electrons. The maximum absolute atomic E-state index is 14.5. The normalized spacial score (nSPS) is 15.5. The molecule has 2 aromatic rings. The lowest BCUT2D eigenvalue weighted by Crippen LogP contribution is -2.37. The number of hydrogen-bond acceptors (Lipinski definition) is 4. The Kier molecular flexibility index (Phi) is 6.59. The SMILES string of the molecule is Cc1cc(-c2ccccc2)cc(C(=O)CNS(=O)(=O)CC2CCNCC2)c1F. The van der Waals surface area contributed by atoms with E-state index in [1.54, 1.807) is 13.0 Å². The molecule has 0 atom stereocenters. The molecule has 0 saturated carbocycles. The molecule has 0 unspecified atom stereocenters. The summed E-state index contributed by atoms with van der Waals surface area (Å²) in [4.78, 5) is 12.6. The van der Waals surface area contributed by atoms with Crippen molar-refractivity contribution in [2.24, 2.45) is 5.92 Å². The molecule has 1 aliphatic heterocycles. The highest BCUT2D eigenvalue weighted by Crippen LogP contribution is 2.25. The van der Waals surface area contributed by atoms with Crippen molar-refractivity contribution in [1.82, 2.24) is 10.0 Å². The number of halogens is 1. The zero-order chi connectivity index (χ0) is 20.1. The molecule has 7 heteroatoms. The van der Waals surface area contributed by atoms with Gasteiger partial charge in [-0.1, -0.05) is 30.3 Å². The average Bonchev–Trinajstić information content (AvgIpc) is 2.69. The molecule has 0 aliphatic carbocycles. The van der Waals surface area contributed by atoms with Gasteiger partial charge in [0.25, 0.3) is 0 Å². The van der Waals surface area contributed by atoms with Gasteiger partial charge >= 0.3 is 0 Å². The van der Waals surface area contributed by atoms with E-state index in [1.165, 1.54) is 6.07 Å². The molecule has 1 aliphatic rings. The lowest BCUT2D eigenvalue weighted by Gasteiger charge is -2.22. The number of nitrogens with one attached hydrogen (secondary N) is 2. The first-order valence-electron chi connectivity index (χ1n) is 9.42. The van der Waals surface area contributed by atoms with E-state index in [-0.39, 0.29) is 17.2 Å². The number of ketones is 1. The van der Waals surface area contributed by atoms with Crippen molar-refractivity contribution in [3.63, 3.8) is 0 Å². The first-order valence-corrected chi connectivity index (χ1v) is 11.1. The van der Waals surface area contributed by atoms with Gasteiger partial charge in [-0.2, -0.15) is 0 Å². The summed E-state index contributed by atoms with van der Waals surface area (Å²) in [5.74, 6) is -1.11. The fraction of sp³-hybridized carbons (Fsp3) is 0.381. The van der Waals surface area contributed by atoms with E-state index in [4.69, 9.17) is 0 Å². The number of carbonyl (C=O) groups is 1. The maximum atomic E-state index is 14.5. The van der Waals surface area contributed by atoms with Crippen LogP contribution in [0.3, 0.4) is 0 Å². The van der Waals surface area contributed by atoms with Crippen LogP contribution in [0.15, 0.2) is 42.5 Å². The van der Waals surface area contributed by atoms with Gasteiger partial charge in [0.1, 0.15) is 5.82 Å².